The molecule has 1 rings (SSSR count). The second kappa shape index (κ2) is 3.35. The first-order valence-electron chi connectivity index (χ1n) is 3.88. The van der Waals surface area contributed by atoms with Crippen LogP contribution in [0, 0.1) is 5.92 Å². The van der Waals surface area contributed by atoms with E-state index in [0.717, 1.165) is 13.0 Å². The molecule has 10 heavy (non-hydrogen) atoms. The van der Waals surface area contributed by atoms with Gasteiger partial charge < -0.3 is 9.47 Å². The molecular formula is C8H16O2. The van der Waals surface area contributed by atoms with Crippen molar-refractivity contribution in [3.8, 4) is 0 Å². The van der Waals surface area contributed by atoms with Crippen LogP contribution < -0.4 is 0 Å². The van der Waals surface area contributed by atoms with Crippen LogP contribution in [-0.2, 0) is 9.47 Å². The van der Waals surface area contributed by atoms with E-state index in [1.165, 1.54) is 0 Å². The van der Waals surface area contributed by atoms with Crippen LogP contribution in [0.3, 0.4) is 0 Å². The Hall–Kier alpha value is -0.0800. The Bertz CT molecular complexity index is 103. The zero-order chi connectivity index (χ0) is 7.56. The zero-order valence-electron chi connectivity index (χ0n) is 6.96. The predicted octanol–water partition coefficient (Wildman–Crippen LogP) is 1.45. The van der Waals surface area contributed by atoms with Gasteiger partial charge in [-0.25, -0.2) is 0 Å². The van der Waals surface area contributed by atoms with E-state index in [4.69, 9.17) is 9.47 Å². The van der Waals surface area contributed by atoms with Gasteiger partial charge in [-0.05, 0) is 19.3 Å². The van der Waals surface area contributed by atoms with E-state index in [9.17, 15) is 0 Å². The summed E-state index contributed by atoms with van der Waals surface area (Å²) in [6.07, 6.45) is 1.74. The van der Waals surface area contributed by atoms with E-state index in [1.807, 2.05) is 0 Å². The Morgan fingerprint density at radius 3 is 2.70 bits per heavy atom. The summed E-state index contributed by atoms with van der Waals surface area (Å²) in [5, 5.41) is 0. The van der Waals surface area contributed by atoms with Crippen LogP contribution in [0.2, 0.25) is 0 Å². The quantitative estimate of drug-likeness (QED) is 0.584. The maximum absolute atomic E-state index is 5.49. The van der Waals surface area contributed by atoms with Gasteiger partial charge in [0.15, 0.2) is 0 Å². The van der Waals surface area contributed by atoms with Gasteiger partial charge in [-0.1, -0.05) is 6.92 Å². The molecule has 0 unspecified atom stereocenters. The number of ether oxygens (including phenoxy) is 2. The van der Waals surface area contributed by atoms with Crippen LogP contribution in [0.25, 0.3) is 0 Å². The first kappa shape index (κ1) is 8.02. The molecule has 2 heteroatoms. The minimum absolute atomic E-state index is 0.255. The van der Waals surface area contributed by atoms with Gasteiger partial charge in [-0.3, -0.25) is 0 Å². The van der Waals surface area contributed by atoms with Gasteiger partial charge in [0.25, 0.3) is 0 Å². The Morgan fingerprint density at radius 1 is 1.60 bits per heavy atom. The molecule has 1 aliphatic rings. The molecule has 1 aliphatic heterocycles. The summed E-state index contributed by atoms with van der Waals surface area (Å²) in [4.78, 5) is 0. The number of hydrogen-bond acceptors (Lipinski definition) is 2. The van der Waals surface area contributed by atoms with E-state index in [0.29, 0.717) is 12.0 Å². The fourth-order valence-electron chi connectivity index (χ4n) is 1.30. The topological polar surface area (TPSA) is 18.5 Å². The van der Waals surface area contributed by atoms with Gasteiger partial charge in [0, 0.05) is 13.7 Å². The summed E-state index contributed by atoms with van der Waals surface area (Å²) < 4.78 is 10.7. The van der Waals surface area contributed by atoms with E-state index >= 15 is 0 Å². The molecule has 0 aromatic carbocycles. The minimum Gasteiger partial charge on any atom is -0.379 e. The molecule has 1 fully saturated rings. The molecule has 60 valence electrons. The largest absolute Gasteiger partial charge is 0.379 e. The van der Waals surface area contributed by atoms with Crippen molar-refractivity contribution in [3.05, 3.63) is 0 Å². The van der Waals surface area contributed by atoms with Gasteiger partial charge in [0.05, 0.1) is 12.2 Å². The lowest BCUT2D eigenvalue weighted by atomic mass is 10.1. The van der Waals surface area contributed by atoms with Crippen molar-refractivity contribution in [1.29, 1.82) is 0 Å². The fourth-order valence-corrected chi connectivity index (χ4v) is 1.30. The van der Waals surface area contributed by atoms with Gasteiger partial charge in [-0.2, -0.15) is 0 Å². The molecular weight excluding hydrogens is 128 g/mol. The van der Waals surface area contributed by atoms with Crippen molar-refractivity contribution in [1.82, 2.24) is 0 Å². The maximum Gasteiger partial charge on any atom is 0.0837 e. The summed E-state index contributed by atoms with van der Waals surface area (Å²) in [7, 11) is 1.73. The predicted molar refractivity (Wildman–Crippen MR) is 40.0 cm³/mol. The Morgan fingerprint density at radius 2 is 2.30 bits per heavy atom. The van der Waals surface area contributed by atoms with E-state index in [-0.39, 0.29) is 6.10 Å². The lowest BCUT2D eigenvalue weighted by Gasteiger charge is -2.16. The molecule has 0 saturated carbocycles. The molecule has 0 radical (unpaired) electrons. The third kappa shape index (κ3) is 1.70. The van der Waals surface area contributed by atoms with Crippen LogP contribution in [0.1, 0.15) is 20.3 Å². The lowest BCUT2D eigenvalue weighted by molar-refractivity contribution is -0.0168. The smallest absolute Gasteiger partial charge is 0.0837 e. The highest BCUT2D eigenvalue weighted by Crippen LogP contribution is 2.22. The molecule has 1 heterocycles. The second-order valence-electron chi connectivity index (χ2n) is 3.15. The SMILES string of the molecule is CO[C@@H](C)[C@H]1C[C@H](C)CO1. The molecule has 0 spiro atoms. The van der Waals surface area contributed by atoms with Crippen molar-refractivity contribution < 1.29 is 9.47 Å². The zero-order valence-corrected chi connectivity index (χ0v) is 6.96. The minimum atomic E-state index is 0.255. The molecule has 0 aromatic heterocycles. The second-order valence-corrected chi connectivity index (χ2v) is 3.15. The highest BCUT2D eigenvalue weighted by molar-refractivity contribution is 4.75. The van der Waals surface area contributed by atoms with Crippen molar-refractivity contribution in [3.63, 3.8) is 0 Å². The van der Waals surface area contributed by atoms with Crippen molar-refractivity contribution in [2.75, 3.05) is 13.7 Å². The van der Waals surface area contributed by atoms with Crippen molar-refractivity contribution in [2.45, 2.75) is 32.5 Å². The average molecular weight is 144 g/mol. The third-order valence-corrected chi connectivity index (χ3v) is 2.12. The summed E-state index contributed by atoms with van der Waals surface area (Å²) in [6, 6.07) is 0. The molecule has 0 N–H and O–H groups in total. The Labute approximate surface area is 62.5 Å². The molecule has 0 aliphatic carbocycles. The number of hydrogen-bond donors (Lipinski definition) is 0. The van der Waals surface area contributed by atoms with Gasteiger partial charge in [-0.15, -0.1) is 0 Å². The first-order chi connectivity index (χ1) is 4.74. The standard InChI is InChI=1S/C8H16O2/c1-6-4-8(10-5-6)7(2)9-3/h6-8H,4-5H2,1-3H3/t6-,7-,8+/m0/s1. The van der Waals surface area contributed by atoms with Crippen LogP contribution in [0.15, 0.2) is 0 Å². The molecule has 0 amide bonds. The number of rotatable bonds is 2. The van der Waals surface area contributed by atoms with E-state index in [2.05, 4.69) is 13.8 Å². The maximum atomic E-state index is 5.49. The van der Waals surface area contributed by atoms with Crippen LogP contribution >= 0.6 is 0 Å². The van der Waals surface area contributed by atoms with Gasteiger partial charge in [0.2, 0.25) is 0 Å². The monoisotopic (exact) mass is 144 g/mol. The van der Waals surface area contributed by atoms with Crippen molar-refractivity contribution in [2.24, 2.45) is 5.92 Å². The molecule has 1 saturated heterocycles. The molecule has 0 aromatic rings. The summed E-state index contributed by atoms with van der Waals surface area (Å²) >= 11 is 0. The van der Waals surface area contributed by atoms with Crippen molar-refractivity contribution >= 4 is 0 Å². The van der Waals surface area contributed by atoms with Gasteiger partial charge >= 0.3 is 0 Å². The highest BCUT2D eigenvalue weighted by Gasteiger charge is 2.26. The van der Waals surface area contributed by atoms with Gasteiger partial charge in [0.1, 0.15) is 0 Å². The number of methoxy groups -OCH3 is 1. The van der Waals surface area contributed by atoms with Crippen LogP contribution in [0.5, 0.6) is 0 Å². The third-order valence-electron chi connectivity index (χ3n) is 2.12. The highest BCUT2D eigenvalue weighted by atomic mass is 16.5. The van der Waals surface area contributed by atoms with E-state index < -0.39 is 0 Å². The van der Waals surface area contributed by atoms with Crippen LogP contribution in [-0.4, -0.2) is 25.9 Å². The first-order valence-corrected chi connectivity index (χ1v) is 3.88. The Balaban J connectivity index is 2.29. The summed E-state index contributed by atoms with van der Waals surface area (Å²) in [6.45, 7) is 5.17. The molecule has 2 nitrogen and oxygen atoms in total. The normalized spacial score (nSPS) is 36.3. The summed E-state index contributed by atoms with van der Waals surface area (Å²) in [5.41, 5.74) is 0. The fraction of sp³-hybridized carbons (Fsp3) is 1.00. The van der Waals surface area contributed by atoms with Crippen LogP contribution in [0.4, 0.5) is 0 Å². The molecule has 3 atom stereocenters. The summed E-state index contributed by atoms with van der Waals surface area (Å²) in [5.74, 6) is 0.711. The average Bonchev–Trinajstić information content (AvgIpc) is 2.34. The lowest BCUT2D eigenvalue weighted by Crippen LogP contribution is -2.23. The van der Waals surface area contributed by atoms with E-state index in [1.54, 1.807) is 7.11 Å². The Kier molecular flexibility index (Phi) is 2.69. The molecule has 0 bridgehead atoms.